The standard InChI is InChI=1S/C17H30N4/c1-4-9-20-16(15-12-18-14-19-13-15)17(3,5-2)21-10-7-6-8-11-21/h12-14,16,20H,4-11H2,1-3H3. The molecule has 118 valence electrons. The zero-order chi connectivity index (χ0) is 15.1. The van der Waals surface area contributed by atoms with Crippen LogP contribution < -0.4 is 5.32 Å². The highest BCUT2D eigenvalue weighted by molar-refractivity contribution is 5.17. The lowest BCUT2D eigenvalue weighted by Gasteiger charge is -2.48. The first-order valence-electron chi connectivity index (χ1n) is 8.45. The molecule has 0 spiro atoms. The molecule has 2 atom stereocenters. The lowest BCUT2D eigenvalue weighted by atomic mass is 9.82. The SMILES string of the molecule is CCCNC(c1cncnc1)C(C)(CC)N1CCCCC1. The summed E-state index contributed by atoms with van der Waals surface area (Å²) in [4.78, 5) is 11.2. The summed E-state index contributed by atoms with van der Waals surface area (Å²) in [6.07, 6.45) is 11.8. The van der Waals surface area contributed by atoms with Gasteiger partial charge in [-0.05, 0) is 52.2 Å². The minimum Gasteiger partial charge on any atom is -0.308 e. The fourth-order valence-corrected chi connectivity index (χ4v) is 3.46. The molecule has 2 rings (SSSR count). The molecule has 1 N–H and O–H groups in total. The van der Waals surface area contributed by atoms with Crippen molar-refractivity contribution in [1.29, 1.82) is 0 Å². The Bertz CT molecular complexity index is 403. The van der Waals surface area contributed by atoms with E-state index in [1.807, 2.05) is 12.4 Å². The predicted molar refractivity (Wildman–Crippen MR) is 87.2 cm³/mol. The first kappa shape index (κ1) is 16.4. The third-order valence-corrected chi connectivity index (χ3v) is 4.93. The maximum absolute atomic E-state index is 4.24. The average Bonchev–Trinajstić information content (AvgIpc) is 2.56. The van der Waals surface area contributed by atoms with Gasteiger partial charge in [-0.2, -0.15) is 0 Å². The highest BCUT2D eigenvalue weighted by Gasteiger charge is 2.39. The predicted octanol–water partition coefficient (Wildman–Crippen LogP) is 3.17. The molecule has 0 aromatic carbocycles. The molecule has 0 radical (unpaired) electrons. The van der Waals surface area contributed by atoms with E-state index in [2.05, 4.69) is 41.0 Å². The van der Waals surface area contributed by atoms with Crippen molar-refractivity contribution < 1.29 is 0 Å². The van der Waals surface area contributed by atoms with E-state index in [-0.39, 0.29) is 5.54 Å². The third-order valence-electron chi connectivity index (χ3n) is 4.93. The summed E-state index contributed by atoms with van der Waals surface area (Å²) in [5.74, 6) is 0. The minimum atomic E-state index is 0.125. The van der Waals surface area contributed by atoms with Gasteiger partial charge >= 0.3 is 0 Å². The first-order chi connectivity index (χ1) is 10.2. The first-order valence-corrected chi connectivity index (χ1v) is 8.45. The number of hydrogen-bond acceptors (Lipinski definition) is 4. The fourth-order valence-electron chi connectivity index (χ4n) is 3.46. The van der Waals surface area contributed by atoms with E-state index in [4.69, 9.17) is 0 Å². The summed E-state index contributed by atoms with van der Waals surface area (Å²) in [6, 6.07) is 0.293. The molecular weight excluding hydrogens is 260 g/mol. The molecule has 0 saturated carbocycles. The van der Waals surface area contributed by atoms with Crippen LogP contribution in [0.4, 0.5) is 0 Å². The molecule has 0 aliphatic carbocycles. The molecule has 2 heterocycles. The van der Waals surface area contributed by atoms with E-state index in [0.29, 0.717) is 6.04 Å². The largest absolute Gasteiger partial charge is 0.308 e. The molecule has 1 aromatic heterocycles. The molecule has 1 aromatic rings. The number of nitrogens with zero attached hydrogens (tertiary/aromatic N) is 3. The molecule has 4 nitrogen and oxygen atoms in total. The summed E-state index contributed by atoms with van der Waals surface area (Å²) in [7, 11) is 0. The van der Waals surface area contributed by atoms with Crippen LogP contribution in [0.3, 0.4) is 0 Å². The number of hydrogen-bond donors (Lipinski definition) is 1. The molecule has 1 aliphatic rings. The second-order valence-corrected chi connectivity index (χ2v) is 6.32. The van der Waals surface area contributed by atoms with E-state index >= 15 is 0 Å². The van der Waals surface area contributed by atoms with Gasteiger partial charge in [0, 0.05) is 23.5 Å². The van der Waals surface area contributed by atoms with Crippen LogP contribution >= 0.6 is 0 Å². The Morgan fingerprint density at radius 3 is 2.43 bits per heavy atom. The van der Waals surface area contributed by atoms with Crippen LogP contribution in [0.15, 0.2) is 18.7 Å². The Kier molecular flexibility index (Phi) is 6.12. The van der Waals surface area contributed by atoms with Gasteiger partial charge in [0.15, 0.2) is 0 Å². The number of aromatic nitrogens is 2. The van der Waals surface area contributed by atoms with E-state index < -0.39 is 0 Å². The Labute approximate surface area is 129 Å². The quantitative estimate of drug-likeness (QED) is 0.837. The van der Waals surface area contributed by atoms with Crippen molar-refractivity contribution in [1.82, 2.24) is 20.2 Å². The van der Waals surface area contributed by atoms with Crippen molar-refractivity contribution in [3.05, 3.63) is 24.3 Å². The Balaban J connectivity index is 2.26. The average molecular weight is 290 g/mol. The van der Waals surface area contributed by atoms with Crippen molar-refractivity contribution in [2.75, 3.05) is 19.6 Å². The van der Waals surface area contributed by atoms with Crippen LogP contribution in [-0.2, 0) is 0 Å². The number of piperidine rings is 1. The third kappa shape index (κ3) is 3.80. The minimum absolute atomic E-state index is 0.125. The van der Waals surface area contributed by atoms with E-state index in [1.54, 1.807) is 6.33 Å². The van der Waals surface area contributed by atoms with Gasteiger partial charge in [0.2, 0.25) is 0 Å². The van der Waals surface area contributed by atoms with Crippen LogP contribution in [0.5, 0.6) is 0 Å². The van der Waals surface area contributed by atoms with E-state index in [0.717, 1.165) is 19.4 Å². The van der Waals surface area contributed by atoms with E-state index in [1.165, 1.54) is 37.9 Å². The van der Waals surface area contributed by atoms with Gasteiger partial charge in [-0.3, -0.25) is 4.90 Å². The Hall–Kier alpha value is -1.00. The van der Waals surface area contributed by atoms with Gasteiger partial charge in [0.25, 0.3) is 0 Å². The van der Waals surface area contributed by atoms with Crippen molar-refractivity contribution in [2.24, 2.45) is 0 Å². The maximum Gasteiger partial charge on any atom is 0.115 e. The molecule has 0 bridgehead atoms. The Morgan fingerprint density at radius 2 is 1.86 bits per heavy atom. The van der Waals surface area contributed by atoms with Crippen LogP contribution in [0.1, 0.15) is 64.5 Å². The van der Waals surface area contributed by atoms with Crippen LogP contribution in [0, 0.1) is 0 Å². The van der Waals surface area contributed by atoms with Crippen molar-refractivity contribution >= 4 is 0 Å². The highest BCUT2D eigenvalue weighted by Crippen LogP contribution is 2.35. The second kappa shape index (κ2) is 7.85. The lowest BCUT2D eigenvalue weighted by molar-refractivity contribution is 0.0422. The summed E-state index contributed by atoms with van der Waals surface area (Å²) < 4.78 is 0. The van der Waals surface area contributed by atoms with Crippen molar-refractivity contribution in [2.45, 2.75) is 64.5 Å². The van der Waals surface area contributed by atoms with Crippen molar-refractivity contribution in [3.8, 4) is 0 Å². The molecule has 4 heteroatoms. The zero-order valence-electron chi connectivity index (χ0n) is 13.8. The Morgan fingerprint density at radius 1 is 1.19 bits per heavy atom. The van der Waals surface area contributed by atoms with Gasteiger partial charge < -0.3 is 5.32 Å². The number of likely N-dealkylation sites (tertiary alicyclic amines) is 1. The zero-order valence-corrected chi connectivity index (χ0v) is 13.8. The van der Waals surface area contributed by atoms with Gasteiger partial charge in [-0.15, -0.1) is 0 Å². The van der Waals surface area contributed by atoms with Crippen LogP contribution in [0.25, 0.3) is 0 Å². The molecule has 21 heavy (non-hydrogen) atoms. The van der Waals surface area contributed by atoms with Gasteiger partial charge in [-0.1, -0.05) is 20.3 Å². The topological polar surface area (TPSA) is 41.1 Å². The van der Waals surface area contributed by atoms with Crippen LogP contribution in [-0.4, -0.2) is 40.0 Å². The van der Waals surface area contributed by atoms with Gasteiger partial charge in [0.1, 0.15) is 6.33 Å². The maximum atomic E-state index is 4.24. The second-order valence-electron chi connectivity index (χ2n) is 6.32. The molecule has 1 saturated heterocycles. The van der Waals surface area contributed by atoms with Gasteiger partial charge in [-0.25, -0.2) is 9.97 Å². The summed E-state index contributed by atoms with van der Waals surface area (Å²) >= 11 is 0. The lowest BCUT2D eigenvalue weighted by Crippen LogP contribution is -2.56. The number of rotatable bonds is 7. The molecule has 1 fully saturated rings. The normalized spacial score (nSPS) is 20.9. The molecule has 1 aliphatic heterocycles. The summed E-state index contributed by atoms with van der Waals surface area (Å²) in [6.45, 7) is 10.4. The number of nitrogens with one attached hydrogen (secondary N) is 1. The summed E-state index contributed by atoms with van der Waals surface area (Å²) in [5, 5.41) is 3.75. The van der Waals surface area contributed by atoms with Gasteiger partial charge in [0.05, 0.1) is 6.04 Å². The molecular formula is C17H30N4. The molecule has 2 unspecified atom stereocenters. The monoisotopic (exact) mass is 290 g/mol. The van der Waals surface area contributed by atoms with E-state index in [9.17, 15) is 0 Å². The fraction of sp³-hybridized carbons (Fsp3) is 0.765. The summed E-state index contributed by atoms with van der Waals surface area (Å²) in [5.41, 5.74) is 1.33. The smallest absolute Gasteiger partial charge is 0.115 e. The highest BCUT2D eigenvalue weighted by atomic mass is 15.2. The van der Waals surface area contributed by atoms with Crippen LogP contribution in [0.2, 0.25) is 0 Å². The molecule has 0 amide bonds. The van der Waals surface area contributed by atoms with Crippen molar-refractivity contribution in [3.63, 3.8) is 0 Å².